The van der Waals surface area contributed by atoms with Crippen molar-refractivity contribution in [3.8, 4) is 0 Å². The molecule has 0 aliphatic carbocycles. The summed E-state index contributed by atoms with van der Waals surface area (Å²) in [5.74, 6) is 0.718. The molecule has 3 nitrogen and oxygen atoms in total. The second-order valence-corrected chi connectivity index (χ2v) is 4.36. The van der Waals surface area contributed by atoms with Crippen molar-refractivity contribution in [1.29, 1.82) is 0 Å². The number of hydrogen-bond acceptors (Lipinski definition) is 3. The second-order valence-electron chi connectivity index (χ2n) is 3.20. The standard InChI is InChI=1S/C9H9ClN2OS/c10-6-1-2-8(11-4-6)12-5-7(14)3-9(12)13/h1-2,4,7,14H,3,5H2. The normalized spacial score (nSPS) is 21.7. The number of halogens is 1. The van der Waals surface area contributed by atoms with Gasteiger partial charge in [-0.1, -0.05) is 11.6 Å². The molecule has 2 heterocycles. The third-order valence-electron chi connectivity index (χ3n) is 2.09. The highest BCUT2D eigenvalue weighted by Gasteiger charge is 2.28. The minimum Gasteiger partial charge on any atom is -0.296 e. The van der Waals surface area contributed by atoms with Gasteiger partial charge in [-0.15, -0.1) is 0 Å². The number of carbonyl (C=O) groups excluding carboxylic acids is 1. The predicted molar refractivity (Wildman–Crippen MR) is 59.0 cm³/mol. The van der Waals surface area contributed by atoms with E-state index in [4.69, 9.17) is 11.6 Å². The summed E-state index contributed by atoms with van der Waals surface area (Å²) >= 11 is 9.97. The molecule has 1 amide bonds. The zero-order valence-electron chi connectivity index (χ0n) is 7.35. The fraction of sp³-hybridized carbons (Fsp3) is 0.333. The van der Waals surface area contributed by atoms with Gasteiger partial charge in [0.15, 0.2) is 0 Å². The van der Waals surface area contributed by atoms with Crippen LogP contribution in [0, 0.1) is 0 Å². The van der Waals surface area contributed by atoms with Gasteiger partial charge in [0.25, 0.3) is 0 Å². The Morgan fingerprint density at radius 3 is 2.86 bits per heavy atom. The van der Waals surface area contributed by atoms with Crippen LogP contribution in [0.4, 0.5) is 5.82 Å². The third kappa shape index (κ3) is 1.86. The lowest BCUT2D eigenvalue weighted by Crippen LogP contribution is -2.25. The molecule has 0 bridgehead atoms. The first-order valence-corrected chi connectivity index (χ1v) is 5.16. The molecule has 1 aromatic rings. The summed E-state index contributed by atoms with van der Waals surface area (Å²) in [6.45, 7) is 0.622. The van der Waals surface area contributed by atoms with Gasteiger partial charge in [0.05, 0.1) is 5.02 Å². The number of amides is 1. The Kier molecular flexibility index (Phi) is 2.65. The van der Waals surface area contributed by atoms with Crippen LogP contribution in [0.1, 0.15) is 6.42 Å². The third-order valence-corrected chi connectivity index (χ3v) is 2.66. The van der Waals surface area contributed by atoms with Crippen LogP contribution in [0.25, 0.3) is 0 Å². The minimum absolute atomic E-state index is 0.0693. The molecule has 0 spiro atoms. The van der Waals surface area contributed by atoms with Crippen LogP contribution in [-0.4, -0.2) is 22.7 Å². The monoisotopic (exact) mass is 228 g/mol. The predicted octanol–water partition coefficient (Wildman–Crippen LogP) is 1.77. The first-order chi connectivity index (χ1) is 6.66. The molecule has 0 N–H and O–H groups in total. The van der Waals surface area contributed by atoms with Crippen LogP contribution in [0.15, 0.2) is 18.3 Å². The maximum atomic E-state index is 11.5. The highest BCUT2D eigenvalue weighted by Crippen LogP contribution is 2.22. The molecular formula is C9H9ClN2OS. The van der Waals surface area contributed by atoms with E-state index < -0.39 is 0 Å². The summed E-state index contributed by atoms with van der Waals surface area (Å²) in [7, 11) is 0. The zero-order valence-corrected chi connectivity index (χ0v) is 9.00. The van der Waals surface area contributed by atoms with E-state index in [9.17, 15) is 4.79 Å². The van der Waals surface area contributed by atoms with Crippen molar-refractivity contribution < 1.29 is 4.79 Å². The first kappa shape index (κ1) is 9.80. The van der Waals surface area contributed by atoms with Gasteiger partial charge in [-0.25, -0.2) is 4.98 Å². The maximum absolute atomic E-state index is 11.5. The Balaban J connectivity index is 2.23. The van der Waals surface area contributed by atoms with Crippen LogP contribution in [0.5, 0.6) is 0 Å². The number of aromatic nitrogens is 1. The number of anilines is 1. The van der Waals surface area contributed by atoms with Crippen molar-refractivity contribution in [3.63, 3.8) is 0 Å². The van der Waals surface area contributed by atoms with Crippen LogP contribution >= 0.6 is 24.2 Å². The van der Waals surface area contributed by atoms with Crippen molar-refractivity contribution in [2.24, 2.45) is 0 Å². The van der Waals surface area contributed by atoms with Gasteiger partial charge in [-0.3, -0.25) is 9.69 Å². The number of hydrogen-bond donors (Lipinski definition) is 1. The van der Waals surface area contributed by atoms with Gasteiger partial charge in [0.2, 0.25) is 5.91 Å². The van der Waals surface area contributed by atoms with Crippen molar-refractivity contribution >= 4 is 36.0 Å². The van der Waals surface area contributed by atoms with Gasteiger partial charge in [0, 0.05) is 24.4 Å². The molecule has 1 aliphatic heterocycles. The lowest BCUT2D eigenvalue weighted by atomic mass is 10.4. The van der Waals surface area contributed by atoms with Gasteiger partial charge in [-0.05, 0) is 12.1 Å². The van der Waals surface area contributed by atoms with E-state index in [2.05, 4.69) is 17.6 Å². The van der Waals surface area contributed by atoms with E-state index in [1.807, 2.05) is 0 Å². The molecule has 0 saturated carbocycles. The fourth-order valence-corrected chi connectivity index (χ4v) is 1.87. The SMILES string of the molecule is O=C1CC(S)CN1c1ccc(Cl)cn1. The van der Waals surface area contributed by atoms with Crippen molar-refractivity contribution in [2.75, 3.05) is 11.4 Å². The van der Waals surface area contributed by atoms with Gasteiger partial charge >= 0.3 is 0 Å². The molecule has 1 unspecified atom stereocenters. The maximum Gasteiger partial charge on any atom is 0.229 e. The fourth-order valence-electron chi connectivity index (χ4n) is 1.44. The quantitative estimate of drug-likeness (QED) is 0.744. The summed E-state index contributed by atoms with van der Waals surface area (Å²) in [6.07, 6.45) is 2.02. The van der Waals surface area contributed by atoms with Gasteiger partial charge in [0.1, 0.15) is 5.82 Å². The summed E-state index contributed by atoms with van der Waals surface area (Å²) in [6, 6.07) is 3.47. The number of pyridine rings is 1. The lowest BCUT2D eigenvalue weighted by Gasteiger charge is -2.14. The number of nitrogens with zero attached hydrogens (tertiary/aromatic N) is 2. The number of rotatable bonds is 1. The van der Waals surface area contributed by atoms with Crippen molar-refractivity contribution in [2.45, 2.75) is 11.7 Å². The van der Waals surface area contributed by atoms with Crippen LogP contribution in [0.2, 0.25) is 5.02 Å². The molecule has 5 heteroatoms. The van der Waals surface area contributed by atoms with E-state index in [0.29, 0.717) is 23.8 Å². The first-order valence-electron chi connectivity index (χ1n) is 4.27. The number of thiol groups is 1. The molecule has 0 aromatic carbocycles. The molecule has 2 rings (SSSR count). The molecule has 14 heavy (non-hydrogen) atoms. The molecular weight excluding hydrogens is 220 g/mol. The Labute approximate surface area is 92.5 Å². The van der Waals surface area contributed by atoms with Gasteiger partial charge in [-0.2, -0.15) is 12.6 Å². The molecule has 0 radical (unpaired) electrons. The van der Waals surface area contributed by atoms with Gasteiger partial charge < -0.3 is 0 Å². The largest absolute Gasteiger partial charge is 0.296 e. The van der Waals surface area contributed by atoms with Crippen molar-refractivity contribution in [3.05, 3.63) is 23.4 Å². The average Bonchev–Trinajstić information content (AvgIpc) is 2.47. The average molecular weight is 229 g/mol. The topological polar surface area (TPSA) is 33.2 Å². The molecule has 1 atom stereocenters. The number of carbonyl (C=O) groups is 1. The molecule has 1 aliphatic rings. The van der Waals surface area contributed by atoms with E-state index in [1.165, 1.54) is 6.20 Å². The Bertz CT molecular complexity index is 354. The van der Waals surface area contributed by atoms with E-state index in [0.717, 1.165) is 0 Å². The Morgan fingerprint density at radius 2 is 2.36 bits per heavy atom. The molecule has 1 aromatic heterocycles. The van der Waals surface area contributed by atoms with Crippen LogP contribution in [-0.2, 0) is 4.79 Å². The van der Waals surface area contributed by atoms with Crippen LogP contribution < -0.4 is 4.90 Å². The summed E-state index contributed by atoms with van der Waals surface area (Å²) < 4.78 is 0. The van der Waals surface area contributed by atoms with Crippen molar-refractivity contribution in [1.82, 2.24) is 4.98 Å². The van der Waals surface area contributed by atoms with E-state index in [1.54, 1.807) is 17.0 Å². The molecule has 1 saturated heterocycles. The Morgan fingerprint density at radius 1 is 1.57 bits per heavy atom. The Hall–Kier alpha value is -0.740. The van der Waals surface area contributed by atoms with E-state index in [-0.39, 0.29) is 11.2 Å². The zero-order chi connectivity index (χ0) is 10.1. The summed E-state index contributed by atoms with van der Waals surface area (Å²) in [5.41, 5.74) is 0. The minimum atomic E-state index is 0.0693. The molecule has 74 valence electrons. The van der Waals surface area contributed by atoms with Crippen LogP contribution in [0.3, 0.4) is 0 Å². The summed E-state index contributed by atoms with van der Waals surface area (Å²) in [5, 5.41) is 0.683. The van der Waals surface area contributed by atoms with E-state index >= 15 is 0 Å². The highest BCUT2D eigenvalue weighted by atomic mass is 35.5. The highest BCUT2D eigenvalue weighted by molar-refractivity contribution is 7.81. The molecule has 1 fully saturated rings. The summed E-state index contributed by atoms with van der Waals surface area (Å²) in [4.78, 5) is 17.2. The second kappa shape index (κ2) is 3.79. The lowest BCUT2D eigenvalue weighted by molar-refractivity contribution is -0.117. The smallest absolute Gasteiger partial charge is 0.229 e.